The summed E-state index contributed by atoms with van der Waals surface area (Å²) in [5.74, 6) is 2.03. The molecule has 0 saturated carbocycles. The highest BCUT2D eigenvalue weighted by Crippen LogP contribution is 2.24. The van der Waals surface area contributed by atoms with Gasteiger partial charge in [0.1, 0.15) is 0 Å². The number of thiophene rings is 1. The van der Waals surface area contributed by atoms with E-state index in [-0.39, 0.29) is 0 Å². The third-order valence-electron chi connectivity index (χ3n) is 3.63. The maximum atomic E-state index is 3.53. The number of nitrogens with zero attached hydrogens (tertiary/aromatic N) is 1. The van der Waals surface area contributed by atoms with Crippen molar-refractivity contribution in [3.63, 3.8) is 0 Å². The van der Waals surface area contributed by atoms with Crippen molar-refractivity contribution in [1.82, 2.24) is 10.2 Å². The van der Waals surface area contributed by atoms with Crippen LogP contribution in [0.15, 0.2) is 12.1 Å². The summed E-state index contributed by atoms with van der Waals surface area (Å²) in [6.07, 6.45) is 1.30. The molecule has 0 aromatic carbocycles. The molecule has 1 aliphatic rings. The summed E-state index contributed by atoms with van der Waals surface area (Å²) in [4.78, 5) is 5.62. The zero-order valence-corrected chi connectivity index (χ0v) is 14.7. The second-order valence-electron chi connectivity index (χ2n) is 6.03. The van der Waals surface area contributed by atoms with Gasteiger partial charge in [-0.2, -0.15) is 11.8 Å². The van der Waals surface area contributed by atoms with E-state index in [9.17, 15) is 0 Å². The zero-order chi connectivity index (χ0) is 14.4. The van der Waals surface area contributed by atoms with Crippen LogP contribution in [0, 0.1) is 5.92 Å². The Balaban J connectivity index is 1.77. The van der Waals surface area contributed by atoms with Crippen molar-refractivity contribution >= 4 is 23.1 Å². The average molecular weight is 313 g/mol. The van der Waals surface area contributed by atoms with Gasteiger partial charge in [-0.05, 0) is 31.0 Å². The molecule has 1 unspecified atom stereocenters. The van der Waals surface area contributed by atoms with Gasteiger partial charge < -0.3 is 5.32 Å². The molecule has 1 fully saturated rings. The second kappa shape index (κ2) is 8.42. The smallest absolute Gasteiger partial charge is 0.0328 e. The van der Waals surface area contributed by atoms with Gasteiger partial charge in [0.2, 0.25) is 0 Å². The van der Waals surface area contributed by atoms with E-state index in [1.807, 2.05) is 11.3 Å². The van der Waals surface area contributed by atoms with Crippen molar-refractivity contribution in [2.45, 2.75) is 45.5 Å². The van der Waals surface area contributed by atoms with Gasteiger partial charge in [0.15, 0.2) is 0 Å². The Hall–Kier alpha value is -0.0300. The van der Waals surface area contributed by atoms with Crippen LogP contribution in [0.3, 0.4) is 0 Å². The number of thioether (sulfide) groups is 1. The molecule has 0 radical (unpaired) electrons. The van der Waals surface area contributed by atoms with Gasteiger partial charge in [-0.15, -0.1) is 11.3 Å². The summed E-state index contributed by atoms with van der Waals surface area (Å²) in [7, 11) is 0. The molecule has 0 aliphatic carbocycles. The second-order valence-corrected chi connectivity index (χ2v) is 8.69. The lowest BCUT2D eigenvalue weighted by Crippen LogP contribution is -2.36. The lowest BCUT2D eigenvalue weighted by molar-refractivity contribution is 0.275. The third kappa shape index (κ3) is 5.40. The number of hydrogen-bond acceptors (Lipinski definition) is 4. The Morgan fingerprint density at radius 1 is 1.35 bits per heavy atom. The summed E-state index contributed by atoms with van der Waals surface area (Å²) >= 11 is 4.12. The fourth-order valence-corrected chi connectivity index (χ4v) is 4.76. The summed E-state index contributed by atoms with van der Waals surface area (Å²) in [6.45, 7) is 12.6. The number of nitrogens with one attached hydrogen (secondary N) is 1. The van der Waals surface area contributed by atoms with E-state index in [2.05, 4.69) is 54.9 Å². The summed E-state index contributed by atoms with van der Waals surface area (Å²) in [5.41, 5.74) is 0. The van der Waals surface area contributed by atoms with E-state index < -0.39 is 0 Å². The van der Waals surface area contributed by atoms with Crippen molar-refractivity contribution in [3.05, 3.63) is 21.9 Å². The highest BCUT2D eigenvalue weighted by molar-refractivity contribution is 8.00. The van der Waals surface area contributed by atoms with Gasteiger partial charge in [-0.1, -0.05) is 20.8 Å². The molecular formula is C16H28N2S2. The van der Waals surface area contributed by atoms with E-state index in [0.717, 1.165) is 30.8 Å². The highest BCUT2D eigenvalue weighted by Gasteiger charge is 2.19. The van der Waals surface area contributed by atoms with Gasteiger partial charge in [-0.3, -0.25) is 4.90 Å². The molecule has 0 amide bonds. The first kappa shape index (κ1) is 16.3. The number of rotatable bonds is 7. The Bertz CT molecular complexity index is 390. The minimum absolute atomic E-state index is 0.728. The molecule has 0 spiro atoms. The van der Waals surface area contributed by atoms with Crippen molar-refractivity contribution in [3.8, 4) is 0 Å². The predicted octanol–water partition coefficient (Wildman–Crippen LogP) is 3.82. The molecule has 0 bridgehead atoms. The molecule has 2 heterocycles. The van der Waals surface area contributed by atoms with Crippen LogP contribution in [0.4, 0.5) is 0 Å². The Morgan fingerprint density at radius 3 is 2.90 bits per heavy atom. The van der Waals surface area contributed by atoms with Crippen LogP contribution < -0.4 is 5.32 Å². The highest BCUT2D eigenvalue weighted by atomic mass is 32.2. The van der Waals surface area contributed by atoms with Crippen LogP contribution in [0.25, 0.3) is 0 Å². The van der Waals surface area contributed by atoms with Gasteiger partial charge in [-0.25, -0.2) is 0 Å². The monoisotopic (exact) mass is 312 g/mol. The minimum atomic E-state index is 0.728. The Morgan fingerprint density at radius 2 is 2.15 bits per heavy atom. The summed E-state index contributed by atoms with van der Waals surface area (Å²) in [5, 5.41) is 4.37. The van der Waals surface area contributed by atoms with Crippen LogP contribution in [0.2, 0.25) is 0 Å². The van der Waals surface area contributed by atoms with Crippen LogP contribution in [-0.2, 0) is 13.1 Å². The zero-order valence-electron chi connectivity index (χ0n) is 13.0. The predicted molar refractivity (Wildman–Crippen MR) is 92.7 cm³/mol. The summed E-state index contributed by atoms with van der Waals surface area (Å²) < 4.78 is 0. The molecule has 1 aromatic rings. The first-order valence-corrected chi connectivity index (χ1v) is 9.66. The lowest BCUT2D eigenvalue weighted by atomic mass is 10.2. The average Bonchev–Trinajstić information content (AvgIpc) is 2.86. The molecule has 114 valence electrons. The Kier molecular flexibility index (Phi) is 6.88. The largest absolute Gasteiger partial charge is 0.312 e. The normalized spacial score (nSPS) is 20.7. The Labute approximate surface area is 132 Å². The topological polar surface area (TPSA) is 15.3 Å². The van der Waals surface area contributed by atoms with Gasteiger partial charge in [0.05, 0.1) is 0 Å². The molecule has 1 aromatic heterocycles. The van der Waals surface area contributed by atoms with Crippen LogP contribution >= 0.6 is 23.1 Å². The maximum Gasteiger partial charge on any atom is 0.0328 e. The standard InChI is InChI=1S/C16H28N2S2/c1-4-14-11-18(7-8-19-14)12-16-6-5-15(20-16)10-17-9-13(2)3/h5-6,13-14,17H,4,7-12H2,1-3H3. The first-order chi connectivity index (χ1) is 9.67. The molecule has 1 N–H and O–H groups in total. The molecule has 1 saturated heterocycles. The quantitative estimate of drug-likeness (QED) is 0.824. The van der Waals surface area contributed by atoms with Crippen molar-refractivity contribution < 1.29 is 0 Å². The van der Waals surface area contributed by atoms with Crippen LogP contribution in [-0.4, -0.2) is 35.5 Å². The van der Waals surface area contributed by atoms with Crippen molar-refractivity contribution in [2.75, 3.05) is 25.4 Å². The van der Waals surface area contributed by atoms with E-state index in [1.165, 1.54) is 35.0 Å². The number of hydrogen-bond donors (Lipinski definition) is 1. The third-order valence-corrected chi connectivity index (χ3v) is 6.07. The van der Waals surface area contributed by atoms with Gasteiger partial charge in [0.25, 0.3) is 0 Å². The van der Waals surface area contributed by atoms with E-state index in [4.69, 9.17) is 0 Å². The van der Waals surface area contributed by atoms with Crippen LogP contribution in [0.5, 0.6) is 0 Å². The van der Waals surface area contributed by atoms with E-state index in [1.54, 1.807) is 0 Å². The molecule has 2 nitrogen and oxygen atoms in total. The first-order valence-electron chi connectivity index (χ1n) is 7.79. The SMILES string of the molecule is CCC1CN(Cc2ccc(CNCC(C)C)s2)CCS1. The lowest BCUT2D eigenvalue weighted by Gasteiger charge is -2.31. The molecular weight excluding hydrogens is 284 g/mol. The van der Waals surface area contributed by atoms with E-state index >= 15 is 0 Å². The van der Waals surface area contributed by atoms with Gasteiger partial charge in [0, 0.05) is 46.9 Å². The fourth-order valence-electron chi connectivity index (χ4n) is 2.48. The van der Waals surface area contributed by atoms with Crippen molar-refractivity contribution in [2.24, 2.45) is 5.92 Å². The summed E-state index contributed by atoms with van der Waals surface area (Å²) in [6, 6.07) is 4.61. The molecule has 20 heavy (non-hydrogen) atoms. The molecule has 4 heteroatoms. The van der Waals surface area contributed by atoms with Crippen LogP contribution in [0.1, 0.15) is 36.9 Å². The maximum absolute atomic E-state index is 3.53. The van der Waals surface area contributed by atoms with E-state index in [0.29, 0.717) is 0 Å². The van der Waals surface area contributed by atoms with Crippen molar-refractivity contribution in [1.29, 1.82) is 0 Å². The molecule has 2 rings (SSSR count). The fraction of sp³-hybridized carbons (Fsp3) is 0.750. The molecule has 1 atom stereocenters. The minimum Gasteiger partial charge on any atom is -0.312 e. The molecule has 1 aliphatic heterocycles. The van der Waals surface area contributed by atoms with Gasteiger partial charge >= 0.3 is 0 Å².